The number of benzene rings is 1. The van der Waals surface area contributed by atoms with Crippen molar-refractivity contribution in [2.45, 2.75) is 0 Å². The van der Waals surface area contributed by atoms with Gasteiger partial charge in [0.2, 0.25) is 0 Å². The summed E-state index contributed by atoms with van der Waals surface area (Å²) in [6.07, 6.45) is 2.64. The minimum atomic E-state index is -0.695. The van der Waals surface area contributed by atoms with E-state index in [2.05, 4.69) is 20.4 Å². The van der Waals surface area contributed by atoms with Gasteiger partial charge in [0.05, 0.1) is 12.7 Å². The van der Waals surface area contributed by atoms with E-state index in [-0.39, 0.29) is 28.1 Å². The van der Waals surface area contributed by atoms with Crippen LogP contribution in [0, 0.1) is 0 Å². The van der Waals surface area contributed by atoms with Crippen LogP contribution in [0.15, 0.2) is 41.5 Å². The number of pyridine rings is 1. The van der Waals surface area contributed by atoms with Gasteiger partial charge >= 0.3 is 5.97 Å². The van der Waals surface area contributed by atoms with Crippen LogP contribution in [0.5, 0.6) is 5.75 Å². The molecule has 0 atom stereocenters. The molecule has 0 spiro atoms. The molecule has 2 heterocycles. The lowest BCUT2D eigenvalue weighted by Crippen LogP contribution is -2.25. The average molecular weight is 328 g/mol. The molecule has 0 unspecified atom stereocenters. The van der Waals surface area contributed by atoms with E-state index in [1.165, 1.54) is 48.4 Å². The van der Waals surface area contributed by atoms with E-state index in [0.717, 1.165) is 0 Å². The Bertz CT molecular complexity index is 941. The number of phenols is 1. The third-order valence-corrected chi connectivity index (χ3v) is 3.33. The number of nitrogens with zero attached hydrogens (tertiary/aromatic N) is 2. The Kier molecular flexibility index (Phi) is 3.74. The Morgan fingerprint density at radius 1 is 1.25 bits per heavy atom. The molecule has 0 aliphatic carbocycles. The Hall–Kier alpha value is -3.62. The molecular formula is C15H12N4O5. The lowest BCUT2D eigenvalue weighted by Gasteiger charge is -2.13. The lowest BCUT2D eigenvalue weighted by molar-refractivity contribution is 0.0600. The summed E-state index contributed by atoms with van der Waals surface area (Å²) in [5.41, 5.74) is 2.61. The molecule has 9 heteroatoms. The van der Waals surface area contributed by atoms with Crippen LogP contribution in [0.3, 0.4) is 0 Å². The Morgan fingerprint density at radius 3 is 2.62 bits per heavy atom. The number of H-pyrrole nitrogens is 1. The lowest BCUT2D eigenvalue weighted by atomic mass is 10.1. The number of methoxy groups -OCH3 is 1. The van der Waals surface area contributed by atoms with Crippen molar-refractivity contribution in [3.05, 3.63) is 58.1 Å². The van der Waals surface area contributed by atoms with Crippen LogP contribution in [0.2, 0.25) is 0 Å². The quantitative estimate of drug-likeness (QED) is 0.603. The van der Waals surface area contributed by atoms with Crippen molar-refractivity contribution >= 4 is 11.9 Å². The zero-order valence-electron chi connectivity index (χ0n) is 12.4. The van der Waals surface area contributed by atoms with Crippen LogP contribution in [0.25, 0.3) is 11.3 Å². The summed E-state index contributed by atoms with van der Waals surface area (Å²) in [5, 5.41) is 15.3. The summed E-state index contributed by atoms with van der Waals surface area (Å²) < 4.78 is 5.84. The number of aromatic nitrogens is 3. The molecule has 122 valence electrons. The Labute approximate surface area is 134 Å². The molecule has 0 bridgehead atoms. The van der Waals surface area contributed by atoms with Gasteiger partial charge in [0, 0.05) is 18.0 Å². The van der Waals surface area contributed by atoms with E-state index in [1.54, 1.807) is 0 Å². The van der Waals surface area contributed by atoms with Gasteiger partial charge in [-0.15, -0.1) is 0 Å². The minimum Gasteiger partial charge on any atom is -0.508 e. The molecule has 1 aromatic carbocycles. The molecule has 24 heavy (non-hydrogen) atoms. The molecule has 0 radical (unpaired) electrons. The topological polar surface area (TPSA) is 126 Å². The molecule has 0 aromatic heterocycles. The zero-order chi connectivity index (χ0) is 17.3. The summed E-state index contributed by atoms with van der Waals surface area (Å²) in [4.78, 5) is 35.8. The maximum atomic E-state index is 12.2. The highest BCUT2D eigenvalue weighted by Crippen LogP contribution is 2.20. The summed E-state index contributed by atoms with van der Waals surface area (Å²) in [7, 11) is 1.20. The SMILES string of the molecule is COC(=O)c1cn(NC(=O)c2ccc(O)cc2)cc2c(=O)[nH]nc1-2. The van der Waals surface area contributed by atoms with E-state index >= 15 is 0 Å². The van der Waals surface area contributed by atoms with Gasteiger partial charge in [0.1, 0.15) is 17.0 Å². The number of hydrogen-bond donors (Lipinski definition) is 3. The second kappa shape index (κ2) is 5.88. The Morgan fingerprint density at radius 2 is 1.96 bits per heavy atom. The first-order valence-electron chi connectivity index (χ1n) is 6.78. The predicted octanol–water partition coefficient (Wildman–Crippen LogP) is 0.552. The van der Waals surface area contributed by atoms with Crippen LogP contribution < -0.4 is 11.0 Å². The fourth-order valence-electron chi connectivity index (χ4n) is 2.15. The van der Waals surface area contributed by atoms with Gasteiger partial charge < -0.3 is 9.84 Å². The van der Waals surface area contributed by atoms with Gasteiger partial charge in [0.25, 0.3) is 11.5 Å². The largest absolute Gasteiger partial charge is 0.508 e. The predicted molar refractivity (Wildman–Crippen MR) is 82.6 cm³/mol. The minimum absolute atomic E-state index is 0.0272. The van der Waals surface area contributed by atoms with E-state index in [1.807, 2.05) is 0 Å². The molecule has 0 saturated carbocycles. The van der Waals surface area contributed by atoms with Crippen molar-refractivity contribution in [1.82, 2.24) is 14.9 Å². The van der Waals surface area contributed by atoms with Gasteiger partial charge in [0.15, 0.2) is 0 Å². The van der Waals surface area contributed by atoms with Crippen molar-refractivity contribution in [1.29, 1.82) is 0 Å². The average Bonchev–Trinajstić information content (AvgIpc) is 2.95. The summed E-state index contributed by atoms with van der Waals surface area (Å²) in [5.74, 6) is -1.16. The number of rotatable bonds is 3. The molecule has 1 aromatic rings. The standard InChI is InChI=1S/C15H12N4O5/c1-24-15(23)11-7-19(6-10-12(11)16-17-14(10)22)18-13(21)8-2-4-9(20)5-3-8/h2-7,20H,1H3,(H,17,22)(H,18,21). The first kappa shape index (κ1) is 15.3. The van der Waals surface area contributed by atoms with Crippen LogP contribution in [0.4, 0.5) is 0 Å². The summed E-state index contributed by atoms with van der Waals surface area (Å²) >= 11 is 0. The maximum absolute atomic E-state index is 12.2. The smallest absolute Gasteiger partial charge is 0.341 e. The van der Waals surface area contributed by atoms with Crippen LogP contribution in [0.1, 0.15) is 20.7 Å². The highest BCUT2D eigenvalue weighted by atomic mass is 16.5. The molecule has 0 fully saturated rings. The normalized spacial score (nSPS) is 10.5. The second-order valence-corrected chi connectivity index (χ2v) is 4.87. The fraction of sp³-hybridized carbons (Fsp3) is 0.0667. The van der Waals surface area contributed by atoms with Gasteiger partial charge in [-0.2, -0.15) is 5.10 Å². The zero-order valence-corrected chi connectivity index (χ0v) is 12.4. The van der Waals surface area contributed by atoms with Crippen molar-refractivity contribution < 1.29 is 19.4 Å². The summed E-state index contributed by atoms with van der Waals surface area (Å²) in [6, 6.07) is 5.60. The monoisotopic (exact) mass is 328 g/mol. The third kappa shape index (κ3) is 2.70. The number of esters is 1. The third-order valence-electron chi connectivity index (χ3n) is 3.33. The number of hydrogen-bond acceptors (Lipinski definition) is 6. The molecule has 0 saturated heterocycles. The summed E-state index contributed by atoms with van der Waals surface area (Å²) in [6.45, 7) is 0. The number of nitrogens with one attached hydrogen (secondary N) is 2. The molecule has 2 aliphatic rings. The van der Waals surface area contributed by atoms with Crippen molar-refractivity contribution in [3.8, 4) is 17.0 Å². The number of carbonyl (C=O) groups excluding carboxylic acids is 2. The maximum Gasteiger partial charge on any atom is 0.341 e. The first-order chi connectivity index (χ1) is 11.5. The van der Waals surface area contributed by atoms with Gasteiger partial charge in [-0.3, -0.25) is 19.7 Å². The molecular weight excluding hydrogens is 316 g/mol. The van der Waals surface area contributed by atoms with E-state index in [9.17, 15) is 19.5 Å². The molecule has 9 nitrogen and oxygen atoms in total. The molecule has 3 N–H and O–H groups in total. The number of ether oxygens (including phenoxy) is 1. The molecule has 2 aliphatic heterocycles. The van der Waals surface area contributed by atoms with E-state index < -0.39 is 17.4 Å². The first-order valence-corrected chi connectivity index (χ1v) is 6.78. The molecule has 3 rings (SSSR count). The number of aromatic hydroxyl groups is 1. The molecule has 1 amide bonds. The van der Waals surface area contributed by atoms with Gasteiger partial charge in [-0.1, -0.05) is 0 Å². The van der Waals surface area contributed by atoms with Gasteiger partial charge in [-0.05, 0) is 24.3 Å². The van der Waals surface area contributed by atoms with Crippen molar-refractivity contribution in [2.75, 3.05) is 12.5 Å². The van der Waals surface area contributed by atoms with Crippen LogP contribution in [-0.2, 0) is 4.74 Å². The second-order valence-electron chi connectivity index (χ2n) is 4.87. The highest BCUT2D eigenvalue weighted by Gasteiger charge is 2.22. The van der Waals surface area contributed by atoms with Crippen LogP contribution >= 0.6 is 0 Å². The Balaban J connectivity index is 2.00. The van der Waals surface area contributed by atoms with Crippen molar-refractivity contribution in [3.63, 3.8) is 0 Å². The number of aromatic amines is 1. The van der Waals surface area contributed by atoms with Crippen molar-refractivity contribution in [2.24, 2.45) is 0 Å². The van der Waals surface area contributed by atoms with Crippen LogP contribution in [-0.4, -0.2) is 39.0 Å². The number of phenolic OH excluding ortho intramolecular Hbond substituents is 1. The number of carbonyl (C=O) groups is 2. The van der Waals surface area contributed by atoms with Gasteiger partial charge in [-0.25, -0.2) is 9.89 Å². The number of fused-ring (bicyclic) bond motifs is 1. The highest BCUT2D eigenvalue weighted by molar-refractivity contribution is 6.00. The number of amides is 1. The van der Waals surface area contributed by atoms with E-state index in [0.29, 0.717) is 0 Å². The van der Waals surface area contributed by atoms with E-state index in [4.69, 9.17) is 0 Å². The fourth-order valence-corrected chi connectivity index (χ4v) is 2.15.